The number of dihydropyridines is 1. The highest BCUT2D eigenvalue weighted by Gasteiger charge is 2.44. The molecule has 2 rings (SSSR count). The zero-order valence-electron chi connectivity index (χ0n) is 10.4. The average molecular weight is 363 g/mol. The lowest BCUT2D eigenvalue weighted by molar-refractivity contribution is -0.139. The Kier molecular flexibility index (Phi) is 4.45. The number of aliphatic imine (C=N–C) groups is 1. The molecule has 0 aliphatic carbocycles. The number of rotatable bonds is 1. The summed E-state index contributed by atoms with van der Waals surface area (Å²) in [7, 11) is 0. The van der Waals surface area contributed by atoms with E-state index in [1.807, 2.05) is 0 Å². The van der Waals surface area contributed by atoms with Crippen LogP contribution in [0, 0.1) is 0 Å². The predicted molar refractivity (Wildman–Crippen MR) is 69.0 cm³/mol. The first-order chi connectivity index (χ1) is 10.00. The molecule has 10 heteroatoms. The zero-order chi connectivity index (χ0) is 16.7. The van der Waals surface area contributed by atoms with Crippen LogP contribution < -0.4 is 0 Å². The number of hydrogen-bond donors (Lipinski definition) is 0. The molecule has 0 radical (unpaired) electrons. The summed E-state index contributed by atoms with van der Waals surface area (Å²) in [6.07, 6.45) is -8.95. The van der Waals surface area contributed by atoms with Crippen molar-refractivity contribution >= 4 is 28.4 Å². The van der Waals surface area contributed by atoms with Gasteiger partial charge in [-0.05, 0) is 11.6 Å². The molecule has 0 bridgehead atoms. The molecule has 1 aliphatic rings. The van der Waals surface area contributed by atoms with E-state index in [9.17, 15) is 26.3 Å². The van der Waals surface area contributed by atoms with Crippen molar-refractivity contribution in [3.05, 3.63) is 40.2 Å². The van der Waals surface area contributed by atoms with E-state index in [1.165, 1.54) is 0 Å². The summed E-state index contributed by atoms with van der Waals surface area (Å²) in [4.78, 5) is 6.79. The lowest BCUT2D eigenvalue weighted by Crippen LogP contribution is -2.23. The third-order valence-electron chi connectivity index (χ3n) is 2.88. The number of pyridine rings is 1. The van der Waals surface area contributed by atoms with Crippen LogP contribution in [-0.4, -0.2) is 16.3 Å². The fraction of sp³-hybridized carbons (Fsp3) is 0.333. The van der Waals surface area contributed by atoms with Gasteiger partial charge in [-0.3, -0.25) is 4.99 Å². The maximum Gasteiger partial charge on any atom is 0.418 e. The van der Waals surface area contributed by atoms with Crippen LogP contribution in [0.5, 0.6) is 0 Å². The second kappa shape index (κ2) is 5.73. The molecule has 22 heavy (non-hydrogen) atoms. The molecule has 0 unspecified atom stereocenters. The molecule has 0 saturated carbocycles. The first-order valence-electron chi connectivity index (χ1n) is 5.72. The second-order valence-electron chi connectivity index (χ2n) is 4.36. The highest BCUT2D eigenvalue weighted by atomic mass is 35.5. The summed E-state index contributed by atoms with van der Waals surface area (Å²) in [6, 6.07) is -1.22. The van der Waals surface area contributed by atoms with Gasteiger partial charge in [0, 0.05) is 12.6 Å². The van der Waals surface area contributed by atoms with Crippen molar-refractivity contribution in [2.45, 2.75) is 24.8 Å². The van der Waals surface area contributed by atoms with Crippen molar-refractivity contribution in [2.24, 2.45) is 4.99 Å². The number of halogens is 8. The van der Waals surface area contributed by atoms with Gasteiger partial charge in [-0.2, -0.15) is 26.3 Å². The summed E-state index contributed by atoms with van der Waals surface area (Å²) in [5.74, 6) is 0. The van der Waals surface area contributed by atoms with Crippen molar-refractivity contribution in [2.75, 3.05) is 0 Å². The van der Waals surface area contributed by atoms with Crippen LogP contribution in [0.1, 0.15) is 23.6 Å². The number of allylic oxidation sites excluding steroid dienone is 1. The minimum atomic E-state index is -4.90. The highest BCUT2D eigenvalue weighted by molar-refractivity contribution is 6.65. The molecule has 0 aromatic carbocycles. The Morgan fingerprint density at radius 1 is 1.05 bits per heavy atom. The normalized spacial score (nSPS) is 19.7. The molecule has 1 atom stereocenters. The van der Waals surface area contributed by atoms with Crippen molar-refractivity contribution < 1.29 is 26.3 Å². The van der Waals surface area contributed by atoms with Gasteiger partial charge in [-0.15, -0.1) is 0 Å². The van der Waals surface area contributed by atoms with Gasteiger partial charge >= 0.3 is 12.4 Å². The van der Waals surface area contributed by atoms with Gasteiger partial charge in [-0.25, -0.2) is 4.98 Å². The Morgan fingerprint density at radius 2 is 1.68 bits per heavy atom. The van der Waals surface area contributed by atoms with Gasteiger partial charge < -0.3 is 0 Å². The lowest BCUT2D eigenvalue weighted by Gasteiger charge is -2.25. The molecule has 0 N–H and O–H groups in total. The third-order valence-corrected chi connectivity index (χ3v) is 3.34. The molecule has 0 amide bonds. The summed E-state index contributed by atoms with van der Waals surface area (Å²) in [5.41, 5.74) is -3.30. The molecule has 0 spiro atoms. The van der Waals surface area contributed by atoms with E-state index in [0.717, 1.165) is 0 Å². The Balaban J connectivity index is 2.64. The topological polar surface area (TPSA) is 25.2 Å². The van der Waals surface area contributed by atoms with Crippen molar-refractivity contribution in [1.29, 1.82) is 0 Å². The summed E-state index contributed by atoms with van der Waals surface area (Å²) >= 11 is 11.1. The van der Waals surface area contributed by atoms with Crippen molar-refractivity contribution in [3.63, 3.8) is 0 Å². The van der Waals surface area contributed by atoms with Gasteiger partial charge in [0.15, 0.2) is 0 Å². The fourth-order valence-electron chi connectivity index (χ4n) is 1.98. The van der Waals surface area contributed by atoms with Crippen LogP contribution >= 0.6 is 23.2 Å². The largest absolute Gasteiger partial charge is 0.418 e. The summed E-state index contributed by atoms with van der Waals surface area (Å²) in [5, 5.41) is -0.597. The monoisotopic (exact) mass is 362 g/mol. The number of hydrogen-bond acceptors (Lipinski definition) is 2. The van der Waals surface area contributed by atoms with Gasteiger partial charge in [0.1, 0.15) is 16.4 Å². The van der Waals surface area contributed by atoms with E-state index in [1.54, 1.807) is 0 Å². The van der Waals surface area contributed by atoms with Crippen LogP contribution in [0.2, 0.25) is 5.15 Å². The first-order valence-corrected chi connectivity index (χ1v) is 6.48. The minimum absolute atomic E-state index is 0.223. The summed E-state index contributed by atoms with van der Waals surface area (Å²) < 4.78 is 78.0. The Hall–Kier alpha value is -1.28. The van der Waals surface area contributed by atoms with E-state index < -0.39 is 35.1 Å². The molecule has 120 valence electrons. The number of alkyl halides is 6. The summed E-state index contributed by atoms with van der Waals surface area (Å²) in [6.45, 7) is 0. The highest BCUT2D eigenvalue weighted by Crippen LogP contribution is 2.45. The smallest absolute Gasteiger partial charge is 0.264 e. The molecule has 1 aliphatic heterocycles. The van der Waals surface area contributed by atoms with Gasteiger partial charge in [0.25, 0.3) is 0 Å². The number of aromatic nitrogens is 1. The molecule has 0 fully saturated rings. The van der Waals surface area contributed by atoms with Crippen LogP contribution in [0.15, 0.2) is 28.9 Å². The number of nitrogens with zero attached hydrogens (tertiary/aromatic N) is 2. The third kappa shape index (κ3) is 3.55. The standard InChI is InChI=1S/C12H6Cl2F6N2/c13-8-2-1-6(11(15,16)17)10(22-8)5-3-9(14)21-4-7(5)12(18,19)20/h1,3-4,10H,2H2/t10-/m1/s1. The molecule has 2 nitrogen and oxygen atoms in total. The molecular formula is C12H6Cl2F6N2. The lowest BCUT2D eigenvalue weighted by atomic mass is 9.93. The Morgan fingerprint density at radius 3 is 2.23 bits per heavy atom. The van der Waals surface area contributed by atoms with Gasteiger partial charge in [0.05, 0.1) is 11.1 Å². The second-order valence-corrected chi connectivity index (χ2v) is 5.18. The van der Waals surface area contributed by atoms with E-state index in [-0.39, 0.29) is 16.7 Å². The Labute approximate surface area is 130 Å². The van der Waals surface area contributed by atoms with E-state index in [2.05, 4.69) is 9.98 Å². The average Bonchev–Trinajstić information content (AvgIpc) is 2.35. The fourth-order valence-corrected chi connectivity index (χ4v) is 2.32. The quantitative estimate of drug-likeness (QED) is 0.376. The van der Waals surface area contributed by atoms with Crippen LogP contribution in [-0.2, 0) is 6.18 Å². The first kappa shape index (κ1) is 17.1. The van der Waals surface area contributed by atoms with Crippen molar-refractivity contribution in [1.82, 2.24) is 4.98 Å². The predicted octanol–water partition coefficient (Wildman–Crippen LogP) is 5.32. The maximum atomic E-state index is 13.0. The van der Waals surface area contributed by atoms with Crippen LogP contribution in [0.3, 0.4) is 0 Å². The minimum Gasteiger partial charge on any atom is -0.264 e. The van der Waals surface area contributed by atoms with E-state index in [0.29, 0.717) is 18.3 Å². The Bertz CT molecular complexity index is 648. The van der Waals surface area contributed by atoms with Crippen LogP contribution in [0.4, 0.5) is 26.3 Å². The molecule has 0 saturated heterocycles. The van der Waals surface area contributed by atoms with Crippen LogP contribution in [0.25, 0.3) is 0 Å². The van der Waals surface area contributed by atoms with E-state index in [4.69, 9.17) is 23.2 Å². The molecule has 1 aromatic rings. The van der Waals surface area contributed by atoms with Gasteiger partial charge in [-0.1, -0.05) is 29.3 Å². The molecule has 1 aromatic heterocycles. The van der Waals surface area contributed by atoms with E-state index >= 15 is 0 Å². The SMILES string of the molecule is FC(F)(F)C1=CCC(Cl)=N[C@@H]1c1cc(Cl)ncc1C(F)(F)F. The van der Waals surface area contributed by atoms with Gasteiger partial charge in [0.2, 0.25) is 0 Å². The maximum absolute atomic E-state index is 13.0. The zero-order valence-corrected chi connectivity index (χ0v) is 11.9. The molecule has 2 heterocycles. The molecular weight excluding hydrogens is 357 g/mol. The van der Waals surface area contributed by atoms with Crippen molar-refractivity contribution in [3.8, 4) is 0 Å².